The van der Waals surface area contributed by atoms with Gasteiger partial charge in [-0.3, -0.25) is 19.2 Å². The van der Waals surface area contributed by atoms with Crippen molar-refractivity contribution in [3.8, 4) is 0 Å². The minimum Gasteiger partial charge on any atom is -0.348 e. The SMILES string of the molecule is CC1CCCCC12NC(=O)N(CC(=O)NC1CCCc3c1cnn3Cc1ccccc1)C2=O. The smallest absolute Gasteiger partial charge is 0.325 e. The fourth-order valence-electron chi connectivity index (χ4n) is 5.68. The lowest BCUT2D eigenvalue weighted by Crippen LogP contribution is -2.54. The largest absolute Gasteiger partial charge is 0.348 e. The predicted molar refractivity (Wildman–Crippen MR) is 122 cm³/mol. The van der Waals surface area contributed by atoms with E-state index in [9.17, 15) is 14.4 Å². The molecule has 8 heteroatoms. The standard InChI is InChI=1S/C25H31N5O3/c1-17-8-5-6-13-25(17)23(32)29(24(33)28-25)16-22(31)27-20-11-7-12-21-19(20)14-26-30(21)15-18-9-3-2-4-10-18/h2-4,9-10,14,17,20H,5-8,11-13,15-16H2,1H3,(H,27,31)(H,28,33). The second kappa shape index (κ2) is 8.65. The maximum Gasteiger partial charge on any atom is 0.325 e. The first-order chi connectivity index (χ1) is 16.0. The van der Waals surface area contributed by atoms with Crippen LogP contribution in [0.25, 0.3) is 0 Å². The van der Waals surface area contributed by atoms with Gasteiger partial charge in [0.1, 0.15) is 12.1 Å². The number of aromatic nitrogens is 2. The number of fused-ring (bicyclic) bond motifs is 1. The van der Waals surface area contributed by atoms with Gasteiger partial charge in [0, 0.05) is 11.3 Å². The summed E-state index contributed by atoms with van der Waals surface area (Å²) < 4.78 is 2.01. The highest BCUT2D eigenvalue weighted by Crippen LogP contribution is 2.38. The molecule has 0 radical (unpaired) electrons. The van der Waals surface area contributed by atoms with E-state index in [4.69, 9.17) is 0 Å². The Hall–Kier alpha value is -3.16. The van der Waals surface area contributed by atoms with Crippen molar-refractivity contribution < 1.29 is 14.4 Å². The molecule has 2 N–H and O–H groups in total. The molecule has 1 aliphatic heterocycles. The first kappa shape index (κ1) is 21.7. The van der Waals surface area contributed by atoms with Gasteiger partial charge in [-0.1, -0.05) is 50.1 Å². The molecule has 2 fully saturated rings. The molecule has 1 aromatic carbocycles. The summed E-state index contributed by atoms with van der Waals surface area (Å²) in [5, 5.41) is 10.6. The van der Waals surface area contributed by atoms with Crippen molar-refractivity contribution in [2.24, 2.45) is 5.92 Å². The van der Waals surface area contributed by atoms with Crippen molar-refractivity contribution in [2.45, 2.75) is 70.0 Å². The van der Waals surface area contributed by atoms with Gasteiger partial charge in [0.25, 0.3) is 5.91 Å². The van der Waals surface area contributed by atoms with Crippen molar-refractivity contribution in [1.29, 1.82) is 0 Å². The number of carbonyl (C=O) groups excluding carboxylic acids is 3. The topological polar surface area (TPSA) is 96.3 Å². The summed E-state index contributed by atoms with van der Waals surface area (Å²) in [5.74, 6) is -0.491. The molecule has 3 aliphatic rings. The Morgan fingerprint density at radius 2 is 2.00 bits per heavy atom. The number of urea groups is 1. The number of rotatable bonds is 5. The summed E-state index contributed by atoms with van der Waals surface area (Å²) in [4.78, 5) is 39.8. The molecule has 2 aromatic rings. The van der Waals surface area contributed by atoms with Crippen LogP contribution >= 0.6 is 0 Å². The number of benzene rings is 1. The van der Waals surface area contributed by atoms with Gasteiger partial charge < -0.3 is 10.6 Å². The highest BCUT2D eigenvalue weighted by Gasteiger charge is 2.55. The molecule has 33 heavy (non-hydrogen) atoms. The summed E-state index contributed by atoms with van der Waals surface area (Å²) in [6, 6.07) is 9.57. The van der Waals surface area contributed by atoms with Crippen LogP contribution in [-0.4, -0.2) is 44.6 Å². The third-order valence-corrected chi connectivity index (χ3v) is 7.58. The summed E-state index contributed by atoms with van der Waals surface area (Å²) in [7, 11) is 0. The maximum atomic E-state index is 13.2. The number of nitrogens with one attached hydrogen (secondary N) is 2. The molecule has 174 valence electrons. The average Bonchev–Trinajstić information content (AvgIpc) is 3.32. The van der Waals surface area contributed by atoms with E-state index in [0.717, 1.165) is 54.7 Å². The second-order valence-corrected chi connectivity index (χ2v) is 9.64. The zero-order valence-electron chi connectivity index (χ0n) is 19.0. The normalized spacial score (nSPS) is 26.9. The van der Waals surface area contributed by atoms with Gasteiger partial charge in [-0.2, -0.15) is 5.10 Å². The third-order valence-electron chi connectivity index (χ3n) is 7.58. The number of imide groups is 1. The molecule has 1 spiro atoms. The van der Waals surface area contributed by atoms with E-state index in [2.05, 4.69) is 27.9 Å². The minimum absolute atomic E-state index is 0.0760. The molecular weight excluding hydrogens is 418 g/mol. The van der Waals surface area contributed by atoms with Crippen LogP contribution in [0.5, 0.6) is 0 Å². The molecule has 1 aromatic heterocycles. The van der Waals surface area contributed by atoms with Gasteiger partial charge in [-0.05, 0) is 43.6 Å². The fourth-order valence-corrected chi connectivity index (χ4v) is 5.68. The fraction of sp³-hybridized carbons (Fsp3) is 0.520. The Labute approximate surface area is 193 Å². The van der Waals surface area contributed by atoms with E-state index in [-0.39, 0.29) is 30.3 Å². The zero-order valence-corrected chi connectivity index (χ0v) is 19.0. The number of hydrogen-bond donors (Lipinski definition) is 2. The van der Waals surface area contributed by atoms with Gasteiger partial charge in [-0.15, -0.1) is 0 Å². The first-order valence-corrected chi connectivity index (χ1v) is 12.0. The summed E-state index contributed by atoms with van der Waals surface area (Å²) in [6.07, 6.45) is 8.05. The van der Waals surface area contributed by atoms with Gasteiger partial charge in [0.15, 0.2) is 0 Å². The van der Waals surface area contributed by atoms with E-state index < -0.39 is 11.6 Å². The maximum absolute atomic E-state index is 13.2. The van der Waals surface area contributed by atoms with Crippen LogP contribution in [0.4, 0.5) is 4.79 Å². The van der Waals surface area contributed by atoms with Crippen LogP contribution in [0.2, 0.25) is 0 Å². The van der Waals surface area contributed by atoms with Gasteiger partial charge in [0.2, 0.25) is 5.91 Å². The Balaban J connectivity index is 1.26. The zero-order chi connectivity index (χ0) is 23.0. The highest BCUT2D eigenvalue weighted by atomic mass is 16.2. The molecule has 1 saturated heterocycles. The summed E-state index contributed by atoms with van der Waals surface area (Å²) >= 11 is 0. The van der Waals surface area contributed by atoms with Crippen LogP contribution in [0, 0.1) is 5.92 Å². The van der Waals surface area contributed by atoms with Gasteiger partial charge in [-0.25, -0.2) is 4.79 Å². The molecular formula is C25H31N5O3. The molecule has 2 heterocycles. The number of hydrogen-bond acceptors (Lipinski definition) is 4. The third kappa shape index (κ3) is 3.92. The van der Waals surface area contributed by atoms with Gasteiger partial charge >= 0.3 is 6.03 Å². The molecule has 2 aliphatic carbocycles. The Bertz CT molecular complexity index is 1070. The number of nitrogens with zero attached hydrogens (tertiary/aromatic N) is 3. The Morgan fingerprint density at radius 1 is 1.18 bits per heavy atom. The molecule has 3 unspecified atom stereocenters. The average molecular weight is 450 g/mol. The molecule has 4 amide bonds. The van der Waals surface area contributed by atoms with Crippen molar-refractivity contribution >= 4 is 17.8 Å². The molecule has 1 saturated carbocycles. The molecule has 8 nitrogen and oxygen atoms in total. The van der Waals surface area contributed by atoms with Crippen LogP contribution in [0.3, 0.4) is 0 Å². The van der Waals surface area contributed by atoms with Crippen molar-refractivity contribution in [2.75, 3.05) is 6.54 Å². The van der Waals surface area contributed by atoms with Crippen molar-refractivity contribution in [3.63, 3.8) is 0 Å². The van der Waals surface area contributed by atoms with Crippen molar-refractivity contribution in [1.82, 2.24) is 25.3 Å². The Kier molecular flexibility index (Phi) is 5.68. The van der Waals surface area contributed by atoms with Crippen LogP contribution in [0.1, 0.15) is 68.3 Å². The van der Waals surface area contributed by atoms with Crippen molar-refractivity contribution in [3.05, 3.63) is 53.3 Å². The monoisotopic (exact) mass is 449 g/mol. The van der Waals surface area contributed by atoms with Crippen LogP contribution in [0.15, 0.2) is 36.5 Å². The van der Waals surface area contributed by atoms with E-state index in [0.29, 0.717) is 13.0 Å². The minimum atomic E-state index is -0.841. The number of carbonyl (C=O) groups is 3. The lowest BCUT2D eigenvalue weighted by Gasteiger charge is -2.36. The molecule has 5 rings (SSSR count). The quantitative estimate of drug-likeness (QED) is 0.686. The molecule has 0 bridgehead atoms. The highest BCUT2D eigenvalue weighted by molar-refractivity contribution is 6.09. The lowest BCUT2D eigenvalue weighted by molar-refractivity contribution is -0.137. The van der Waals surface area contributed by atoms with Crippen LogP contribution < -0.4 is 10.6 Å². The first-order valence-electron chi connectivity index (χ1n) is 12.0. The van der Waals surface area contributed by atoms with Gasteiger partial charge in [0.05, 0.1) is 18.8 Å². The summed E-state index contributed by atoms with van der Waals surface area (Å²) in [6.45, 7) is 2.46. The second-order valence-electron chi connectivity index (χ2n) is 9.64. The summed E-state index contributed by atoms with van der Waals surface area (Å²) in [5.41, 5.74) is 2.51. The molecule has 3 atom stereocenters. The van der Waals surface area contributed by atoms with E-state index in [1.54, 1.807) is 0 Å². The number of amides is 4. The Morgan fingerprint density at radius 3 is 2.79 bits per heavy atom. The lowest BCUT2D eigenvalue weighted by atomic mass is 9.73. The van der Waals surface area contributed by atoms with E-state index >= 15 is 0 Å². The van der Waals surface area contributed by atoms with Crippen LogP contribution in [-0.2, 0) is 22.6 Å². The van der Waals surface area contributed by atoms with E-state index in [1.165, 1.54) is 5.56 Å². The predicted octanol–water partition coefficient (Wildman–Crippen LogP) is 2.93. The van der Waals surface area contributed by atoms with E-state index in [1.807, 2.05) is 36.0 Å².